The van der Waals surface area contributed by atoms with E-state index in [0.717, 1.165) is 25.0 Å². The van der Waals surface area contributed by atoms with Gasteiger partial charge in [0.15, 0.2) is 0 Å². The van der Waals surface area contributed by atoms with Crippen LogP contribution in [0.25, 0.3) is 0 Å². The van der Waals surface area contributed by atoms with Gasteiger partial charge in [0.05, 0.1) is 13.7 Å². The van der Waals surface area contributed by atoms with Gasteiger partial charge < -0.3 is 19.7 Å². The average Bonchev–Trinajstić information content (AvgIpc) is 2.57. The molecule has 23 heavy (non-hydrogen) atoms. The monoisotopic (exact) mass is 326 g/mol. The predicted octanol–water partition coefficient (Wildman–Crippen LogP) is 1.62. The maximum atomic E-state index is 12.0. The van der Waals surface area contributed by atoms with Crippen molar-refractivity contribution in [3.05, 3.63) is 12.2 Å². The lowest BCUT2D eigenvalue weighted by molar-refractivity contribution is -0.139. The molecule has 0 unspecified atom stereocenters. The fraction of sp³-hybridized carbons (Fsp3) is 0.688. The second kappa shape index (κ2) is 10.6. The number of urea groups is 1. The zero-order chi connectivity index (χ0) is 17.1. The molecule has 0 heterocycles. The summed E-state index contributed by atoms with van der Waals surface area (Å²) in [4.78, 5) is 35.7. The Kier molecular flexibility index (Phi) is 8.79. The Labute approximate surface area is 137 Å². The van der Waals surface area contributed by atoms with Crippen molar-refractivity contribution in [2.45, 2.75) is 44.6 Å². The van der Waals surface area contributed by atoms with Crippen LogP contribution in [0.15, 0.2) is 12.2 Å². The van der Waals surface area contributed by atoms with E-state index in [2.05, 4.69) is 10.1 Å². The summed E-state index contributed by atoms with van der Waals surface area (Å²) in [7, 11) is 2.95. The molecule has 0 radical (unpaired) electrons. The molecule has 0 bridgehead atoms. The molecule has 1 aliphatic carbocycles. The molecule has 0 aliphatic heterocycles. The van der Waals surface area contributed by atoms with Crippen molar-refractivity contribution >= 4 is 18.0 Å². The number of methoxy groups -OCH3 is 1. The Hall–Kier alpha value is -2.05. The summed E-state index contributed by atoms with van der Waals surface area (Å²) in [6.45, 7) is 0.679. The van der Waals surface area contributed by atoms with Crippen LogP contribution in [0.3, 0.4) is 0 Å². The molecule has 0 atom stereocenters. The van der Waals surface area contributed by atoms with Crippen LogP contribution in [0, 0.1) is 0 Å². The third kappa shape index (κ3) is 8.23. The highest BCUT2D eigenvalue weighted by Gasteiger charge is 2.17. The number of carbonyl (C=O) groups is 3. The van der Waals surface area contributed by atoms with E-state index in [1.807, 2.05) is 0 Å². The molecular weight excluding hydrogens is 300 g/mol. The molecule has 2 amide bonds. The first kappa shape index (κ1) is 19.0. The van der Waals surface area contributed by atoms with E-state index in [4.69, 9.17) is 4.74 Å². The maximum Gasteiger partial charge on any atom is 0.331 e. The third-order valence-electron chi connectivity index (χ3n) is 3.72. The van der Waals surface area contributed by atoms with Gasteiger partial charge in [-0.15, -0.1) is 0 Å². The number of hydrogen-bond donors (Lipinski definition) is 1. The van der Waals surface area contributed by atoms with Gasteiger partial charge in [0, 0.05) is 31.8 Å². The van der Waals surface area contributed by atoms with Crippen LogP contribution in [-0.4, -0.2) is 56.2 Å². The van der Waals surface area contributed by atoms with Gasteiger partial charge in [0.1, 0.15) is 0 Å². The van der Waals surface area contributed by atoms with E-state index in [1.165, 1.54) is 26.4 Å². The zero-order valence-corrected chi connectivity index (χ0v) is 13.9. The number of amides is 2. The summed E-state index contributed by atoms with van der Waals surface area (Å²) in [5.74, 6) is -1.22. The second-order valence-electron chi connectivity index (χ2n) is 5.58. The molecule has 130 valence electrons. The van der Waals surface area contributed by atoms with E-state index in [1.54, 1.807) is 11.9 Å². The maximum absolute atomic E-state index is 12.0. The van der Waals surface area contributed by atoms with Gasteiger partial charge in [-0.1, -0.05) is 19.3 Å². The highest BCUT2D eigenvalue weighted by molar-refractivity contribution is 5.91. The standard InChI is InChI=1S/C16H26N2O5/c1-18(16(21)17-13-7-4-3-5-8-13)11-6-12-23-15(20)10-9-14(19)22-2/h9-10,13H,3-8,11-12H2,1-2H3,(H,17,21)/b10-9+. The Bertz CT molecular complexity index is 430. The second-order valence-corrected chi connectivity index (χ2v) is 5.58. The van der Waals surface area contributed by atoms with Crippen LogP contribution in [0.4, 0.5) is 4.79 Å². The van der Waals surface area contributed by atoms with Crippen molar-refractivity contribution in [3.8, 4) is 0 Å². The van der Waals surface area contributed by atoms with Gasteiger partial charge in [-0.2, -0.15) is 0 Å². The van der Waals surface area contributed by atoms with Gasteiger partial charge in [-0.05, 0) is 19.3 Å². The molecule has 0 aromatic carbocycles. The molecular formula is C16H26N2O5. The average molecular weight is 326 g/mol. The largest absolute Gasteiger partial charge is 0.466 e. The Balaban J connectivity index is 2.14. The topological polar surface area (TPSA) is 84.9 Å². The van der Waals surface area contributed by atoms with Gasteiger partial charge in [-0.25, -0.2) is 14.4 Å². The molecule has 0 saturated heterocycles. The van der Waals surface area contributed by atoms with Gasteiger partial charge in [-0.3, -0.25) is 0 Å². The normalized spacial score (nSPS) is 15.2. The fourth-order valence-electron chi connectivity index (χ4n) is 2.36. The summed E-state index contributed by atoms with van der Waals surface area (Å²) >= 11 is 0. The van der Waals surface area contributed by atoms with Crippen LogP contribution in [0.1, 0.15) is 38.5 Å². The Morgan fingerprint density at radius 2 is 1.78 bits per heavy atom. The molecule has 1 saturated carbocycles. The van der Waals surface area contributed by atoms with Crippen molar-refractivity contribution in [2.24, 2.45) is 0 Å². The number of hydrogen-bond acceptors (Lipinski definition) is 5. The summed E-state index contributed by atoms with van der Waals surface area (Å²) in [6.07, 6.45) is 8.24. The number of rotatable bonds is 7. The smallest absolute Gasteiger partial charge is 0.331 e. The van der Waals surface area contributed by atoms with Crippen LogP contribution >= 0.6 is 0 Å². The summed E-state index contributed by atoms with van der Waals surface area (Å²) in [6, 6.07) is 0.189. The number of nitrogens with one attached hydrogen (secondary N) is 1. The molecule has 7 nitrogen and oxygen atoms in total. The number of carbonyl (C=O) groups excluding carboxylic acids is 3. The predicted molar refractivity (Wildman–Crippen MR) is 84.8 cm³/mol. The minimum atomic E-state index is -0.610. The summed E-state index contributed by atoms with van der Waals surface area (Å²) < 4.78 is 9.29. The minimum Gasteiger partial charge on any atom is -0.466 e. The Morgan fingerprint density at radius 3 is 2.43 bits per heavy atom. The van der Waals surface area contributed by atoms with Crippen LogP contribution in [0.2, 0.25) is 0 Å². The first-order valence-corrected chi connectivity index (χ1v) is 7.97. The number of esters is 2. The first-order chi connectivity index (χ1) is 11.0. The summed E-state index contributed by atoms with van der Waals surface area (Å²) in [5, 5.41) is 3.02. The van der Waals surface area contributed by atoms with Crippen LogP contribution in [0.5, 0.6) is 0 Å². The van der Waals surface area contributed by atoms with Crippen LogP contribution in [-0.2, 0) is 19.1 Å². The zero-order valence-electron chi connectivity index (χ0n) is 13.9. The van der Waals surface area contributed by atoms with Crippen molar-refractivity contribution in [3.63, 3.8) is 0 Å². The Morgan fingerprint density at radius 1 is 1.13 bits per heavy atom. The lowest BCUT2D eigenvalue weighted by Crippen LogP contribution is -2.44. The van der Waals surface area contributed by atoms with Crippen molar-refractivity contribution in [1.82, 2.24) is 10.2 Å². The number of nitrogens with zero attached hydrogens (tertiary/aromatic N) is 1. The van der Waals surface area contributed by atoms with Crippen molar-refractivity contribution in [1.29, 1.82) is 0 Å². The molecule has 1 N–H and O–H groups in total. The SMILES string of the molecule is COC(=O)/C=C/C(=O)OCCCN(C)C(=O)NC1CCCCC1. The van der Waals surface area contributed by atoms with Gasteiger partial charge in [0.25, 0.3) is 0 Å². The van der Waals surface area contributed by atoms with E-state index < -0.39 is 11.9 Å². The molecule has 1 rings (SSSR count). The lowest BCUT2D eigenvalue weighted by atomic mass is 9.96. The van der Waals surface area contributed by atoms with E-state index in [0.29, 0.717) is 13.0 Å². The highest BCUT2D eigenvalue weighted by Crippen LogP contribution is 2.17. The molecule has 0 aromatic rings. The van der Waals surface area contributed by atoms with Crippen molar-refractivity contribution in [2.75, 3.05) is 27.3 Å². The lowest BCUT2D eigenvalue weighted by Gasteiger charge is -2.26. The number of ether oxygens (including phenoxy) is 2. The molecule has 1 aliphatic rings. The van der Waals surface area contributed by atoms with E-state index in [-0.39, 0.29) is 18.7 Å². The molecule has 7 heteroatoms. The summed E-state index contributed by atoms with van der Waals surface area (Å²) in [5.41, 5.74) is 0. The fourth-order valence-corrected chi connectivity index (χ4v) is 2.36. The van der Waals surface area contributed by atoms with Crippen LogP contribution < -0.4 is 5.32 Å². The van der Waals surface area contributed by atoms with Gasteiger partial charge in [0.2, 0.25) is 0 Å². The quantitative estimate of drug-likeness (QED) is 0.436. The van der Waals surface area contributed by atoms with Gasteiger partial charge >= 0.3 is 18.0 Å². The van der Waals surface area contributed by atoms with E-state index >= 15 is 0 Å². The minimum absolute atomic E-state index is 0.0891. The van der Waals surface area contributed by atoms with Crippen molar-refractivity contribution < 1.29 is 23.9 Å². The first-order valence-electron chi connectivity index (χ1n) is 7.97. The molecule has 1 fully saturated rings. The highest BCUT2D eigenvalue weighted by atomic mass is 16.5. The molecule has 0 spiro atoms. The molecule has 0 aromatic heterocycles. The third-order valence-corrected chi connectivity index (χ3v) is 3.72. The van der Waals surface area contributed by atoms with E-state index in [9.17, 15) is 14.4 Å².